The molecule has 0 amide bonds. The Labute approximate surface area is 166 Å². The molecule has 8 atom stereocenters. The van der Waals surface area contributed by atoms with Crippen molar-refractivity contribution in [3.8, 4) is 0 Å². The van der Waals surface area contributed by atoms with Gasteiger partial charge in [0.25, 0.3) is 0 Å². The van der Waals surface area contributed by atoms with E-state index in [0.717, 1.165) is 6.42 Å². The fourth-order valence-electron chi connectivity index (χ4n) is 4.27. The molecule has 3 fully saturated rings. The quantitative estimate of drug-likeness (QED) is 0.373. The van der Waals surface area contributed by atoms with Crippen LogP contribution in [-0.4, -0.2) is 49.3 Å². The summed E-state index contributed by atoms with van der Waals surface area (Å²) in [6.07, 6.45) is 4.57. The molecule has 0 aromatic carbocycles. The number of methoxy groups -OCH3 is 1. The largest absolute Gasteiger partial charge is 0.378 e. The van der Waals surface area contributed by atoms with Crippen LogP contribution in [0.25, 0.3) is 0 Å². The molecule has 2 saturated heterocycles. The second kappa shape index (κ2) is 7.81. The molecule has 0 aromatic heterocycles. The number of fused-ring (bicyclic) bond motifs is 1. The molecule has 0 radical (unpaired) electrons. The van der Waals surface area contributed by atoms with Crippen LogP contribution in [0.2, 0.25) is 0 Å². The number of ether oxygens (including phenoxy) is 2. The van der Waals surface area contributed by atoms with Gasteiger partial charge >= 0.3 is 0 Å². The molecule has 8 heteroatoms. The van der Waals surface area contributed by atoms with E-state index in [-0.39, 0.29) is 29.1 Å². The van der Waals surface area contributed by atoms with Crippen LogP contribution >= 0.6 is 27.4 Å². The first-order chi connectivity index (χ1) is 11.7. The van der Waals surface area contributed by atoms with Crippen LogP contribution in [0, 0.1) is 5.92 Å². The molecule has 1 saturated carbocycles. The highest BCUT2D eigenvalue weighted by Gasteiger charge is 2.55. The maximum atomic E-state index is 6.67. The highest BCUT2D eigenvalue weighted by Crippen LogP contribution is 2.84. The second-order valence-electron chi connectivity index (χ2n) is 7.82. The average Bonchev–Trinajstić information content (AvgIpc) is 2.98. The lowest BCUT2D eigenvalue weighted by Gasteiger charge is -2.38. The van der Waals surface area contributed by atoms with Gasteiger partial charge in [-0.3, -0.25) is 0 Å². The van der Waals surface area contributed by atoms with Crippen LogP contribution in [0.1, 0.15) is 46.5 Å². The predicted octanol–water partition coefficient (Wildman–Crippen LogP) is 4.36. The summed E-state index contributed by atoms with van der Waals surface area (Å²) in [7, 11) is 3.82. The van der Waals surface area contributed by atoms with Crippen LogP contribution < -0.4 is 0 Å². The fraction of sp³-hybridized carbons (Fsp3) is 0.882. The number of rotatable bonds is 5. The first-order valence-electron chi connectivity index (χ1n) is 9.22. The molecule has 3 nitrogen and oxygen atoms in total. The van der Waals surface area contributed by atoms with Crippen molar-refractivity contribution >= 4 is 47.1 Å². The number of hydrogen-bond donors (Lipinski definition) is 0. The molecule has 3 aliphatic rings. The van der Waals surface area contributed by atoms with Gasteiger partial charge in [-0.2, -0.15) is 0 Å². The van der Waals surface area contributed by atoms with Gasteiger partial charge in [-0.25, -0.2) is 0 Å². The van der Waals surface area contributed by atoms with Crippen molar-refractivity contribution < 1.29 is 14.0 Å². The van der Waals surface area contributed by atoms with E-state index in [1.54, 1.807) is 7.11 Å². The molecule has 1 aliphatic carbocycles. The van der Waals surface area contributed by atoms with Crippen molar-refractivity contribution in [2.75, 3.05) is 7.11 Å². The van der Waals surface area contributed by atoms with Gasteiger partial charge in [0.05, 0.1) is 12.1 Å². The minimum Gasteiger partial charge on any atom is -0.378 e. The van der Waals surface area contributed by atoms with Crippen molar-refractivity contribution in [2.24, 2.45) is 5.92 Å². The van der Waals surface area contributed by atoms with E-state index in [4.69, 9.17) is 25.8 Å². The third-order valence-electron chi connectivity index (χ3n) is 5.91. The lowest BCUT2D eigenvalue weighted by atomic mass is 9.79. The van der Waals surface area contributed by atoms with Crippen LogP contribution in [0.3, 0.4) is 0 Å². The van der Waals surface area contributed by atoms with Gasteiger partial charge in [-0.05, 0) is 57.3 Å². The lowest BCUT2D eigenvalue weighted by Crippen LogP contribution is -2.36. The average molecular weight is 420 g/mol. The van der Waals surface area contributed by atoms with Gasteiger partial charge in [0.15, 0.2) is 4.67 Å². The van der Waals surface area contributed by atoms with Crippen LogP contribution in [-0.2, 0) is 25.8 Å². The Kier molecular flexibility index (Phi) is 6.48. The Bertz CT molecular complexity index is 577. The van der Waals surface area contributed by atoms with Crippen molar-refractivity contribution in [2.45, 2.75) is 80.8 Å². The maximum Gasteiger partial charge on any atom is 0.175 e. The Morgan fingerprint density at radius 2 is 2.20 bits per heavy atom. The molecule has 0 aromatic rings. The topological polar surface area (TPSA) is 27.7 Å². The smallest absolute Gasteiger partial charge is 0.175 e. The lowest BCUT2D eigenvalue weighted by molar-refractivity contribution is 0.0261. The molecule has 0 unspecified atom stereocenters. The SMILES string of the molecule is B[C@@H]1O[C@H](CC)[C@@H](O[P@@]2(=S)S[C@H]3C[C@H](C(=C)C)CC[C@]3(C)S2)[C@H]1OC. The molecule has 25 heavy (non-hydrogen) atoms. The standard InChI is InChI=1S/C17H30BO3PS3/c1-6-12-14(15(19-5)16(18)20-12)21-22(23)24-13-9-11(10(2)3)7-8-17(13,4)25-22/h11-16H,2,6-9,18H2,1,3-5H3/t11-,12-,13+,14-,15-,16-,17+,22-/m1/s1. The molecular formula is C17H30BO3PS3. The second-order valence-corrected chi connectivity index (χ2v) is 18.7. The van der Waals surface area contributed by atoms with Gasteiger partial charge in [0.2, 0.25) is 0 Å². The first kappa shape index (κ1) is 20.8. The van der Waals surface area contributed by atoms with Gasteiger partial charge in [-0.1, -0.05) is 41.8 Å². The Hall–Kier alpha value is 1.03. The zero-order valence-corrected chi connectivity index (χ0v) is 19.2. The normalized spacial score (nSPS) is 49.9. The van der Waals surface area contributed by atoms with Gasteiger partial charge in [-0.15, -0.1) is 0 Å². The summed E-state index contributed by atoms with van der Waals surface area (Å²) < 4.78 is 16.7. The summed E-state index contributed by atoms with van der Waals surface area (Å²) in [5, 5.41) is 0.569. The predicted molar refractivity (Wildman–Crippen MR) is 117 cm³/mol. The number of allylic oxidation sites excluding steroid dienone is 1. The molecule has 3 rings (SSSR count). The van der Waals surface area contributed by atoms with E-state index in [1.165, 1.54) is 24.8 Å². The number of hydrogen-bond acceptors (Lipinski definition) is 6. The van der Waals surface area contributed by atoms with E-state index in [2.05, 4.69) is 35.2 Å². The summed E-state index contributed by atoms with van der Waals surface area (Å²) in [5.41, 5.74) is 1.32. The summed E-state index contributed by atoms with van der Waals surface area (Å²) in [6, 6.07) is 0.0600. The zero-order chi connectivity index (χ0) is 18.4. The summed E-state index contributed by atoms with van der Waals surface area (Å²) >= 11 is 10.0. The van der Waals surface area contributed by atoms with E-state index in [0.29, 0.717) is 11.2 Å². The molecule has 0 bridgehead atoms. The monoisotopic (exact) mass is 420 g/mol. The third-order valence-corrected chi connectivity index (χ3v) is 16.0. The first-order valence-corrected chi connectivity index (χ1v) is 14.8. The van der Waals surface area contributed by atoms with Gasteiger partial charge in [0, 0.05) is 17.1 Å². The molecule has 2 heterocycles. The van der Waals surface area contributed by atoms with Gasteiger partial charge in [0.1, 0.15) is 20.1 Å². The fourth-order valence-corrected chi connectivity index (χ4v) is 18.3. The van der Waals surface area contributed by atoms with E-state index in [1.807, 2.05) is 22.8 Å². The molecule has 0 N–H and O–H groups in total. The van der Waals surface area contributed by atoms with Gasteiger partial charge < -0.3 is 14.0 Å². The minimum atomic E-state index is -2.00. The third kappa shape index (κ3) is 4.08. The highest BCUT2D eigenvalue weighted by molar-refractivity contribution is 9.01. The molecule has 2 aliphatic heterocycles. The van der Waals surface area contributed by atoms with Crippen LogP contribution in [0.4, 0.5) is 0 Å². The van der Waals surface area contributed by atoms with Crippen molar-refractivity contribution in [1.29, 1.82) is 0 Å². The Morgan fingerprint density at radius 3 is 2.80 bits per heavy atom. The Balaban J connectivity index is 1.75. The minimum absolute atomic E-state index is 0.0235. The molecular weight excluding hydrogens is 390 g/mol. The van der Waals surface area contributed by atoms with Crippen molar-refractivity contribution in [3.05, 3.63) is 12.2 Å². The molecule has 0 spiro atoms. The maximum absolute atomic E-state index is 6.67. The summed E-state index contributed by atoms with van der Waals surface area (Å²) in [6.45, 7) is 10.9. The van der Waals surface area contributed by atoms with Crippen LogP contribution in [0.15, 0.2) is 12.2 Å². The zero-order valence-electron chi connectivity index (χ0n) is 15.9. The molecule has 142 valence electrons. The van der Waals surface area contributed by atoms with E-state index < -0.39 is 4.67 Å². The van der Waals surface area contributed by atoms with Crippen molar-refractivity contribution in [3.63, 3.8) is 0 Å². The van der Waals surface area contributed by atoms with E-state index in [9.17, 15) is 0 Å². The highest BCUT2D eigenvalue weighted by atomic mass is 33.2. The Morgan fingerprint density at radius 1 is 1.48 bits per heavy atom. The summed E-state index contributed by atoms with van der Waals surface area (Å²) in [4.78, 5) is 0. The van der Waals surface area contributed by atoms with E-state index >= 15 is 0 Å². The summed E-state index contributed by atoms with van der Waals surface area (Å²) in [5.74, 6) is 0.637. The van der Waals surface area contributed by atoms with Crippen LogP contribution in [0.5, 0.6) is 0 Å². The van der Waals surface area contributed by atoms with Crippen molar-refractivity contribution in [1.82, 2.24) is 0 Å².